The largest absolute Gasteiger partial charge is 0.333 e. The highest BCUT2D eigenvalue weighted by Crippen LogP contribution is 2.43. The Bertz CT molecular complexity index is 678. The van der Waals surface area contributed by atoms with Crippen LogP contribution < -0.4 is 0 Å². The van der Waals surface area contributed by atoms with Crippen molar-refractivity contribution in [2.24, 2.45) is 0 Å². The van der Waals surface area contributed by atoms with Crippen molar-refractivity contribution in [3.63, 3.8) is 0 Å². The first-order chi connectivity index (χ1) is 11.5. The lowest BCUT2D eigenvalue weighted by molar-refractivity contribution is -0.131. The van der Waals surface area contributed by atoms with E-state index in [4.69, 9.17) is 0 Å². The minimum absolute atomic E-state index is 0.0119. The normalized spacial score (nSPS) is 26.8. The third-order valence-electron chi connectivity index (χ3n) is 5.18. The van der Waals surface area contributed by atoms with Crippen molar-refractivity contribution in [3.05, 3.63) is 72.4 Å². The van der Waals surface area contributed by atoms with E-state index in [1.807, 2.05) is 17.0 Å². The Balaban J connectivity index is 1.81. The van der Waals surface area contributed by atoms with E-state index in [0.717, 1.165) is 37.3 Å². The van der Waals surface area contributed by atoms with Gasteiger partial charge in [-0.2, -0.15) is 0 Å². The van der Waals surface area contributed by atoms with E-state index < -0.39 is 5.83 Å². The van der Waals surface area contributed by atoms with Gasteiger partial charge in [-0.3, -0.25) is 4.79 Å². The van der Waals surface area contributed by atoms with Crippen LogP contribution in [0, 0.1) is 5.82 Å². The highest BCUT2D eigenvalue weighted by molar-refractivity contribution is 5.97. The molecule has 4 heteroatoms. The molecule has 2 aliphatic heterocycles. The molecule has 2 unspecified atom stereocenters. The molecular formula is C20H21F2NO. The number of carbonyl (C=O) groups excluding carboxylic acids is 1. The summed E-state index contributed by atoms with van der Waals surface area (Å²) in [5.74, 6) is -0.856. The van der Waals surface area contributed by atoms with Crippen LogP contribution in [0.3, 0.4) is 0 Å². The van der Waals surface area contributed by atoms with Crippen molar-refractivity contribution < 1.29 is 13.6 Å². The van der Waals surface area contributed by atoms with Gasteiger partial charge in [-0.25, -0.2) is 8.78 Å². The van der Waals surface area contributed by atoms with Crippen molar-refractivity contribution in [1.29, 1.82) is 0 Å². The topological polar surface area (TPSA) is 20.3 Å². The Morgan fingerprint density at radius 1 is 1.08 bits per heavy atom. The Morgan fingerprint density at radius 2 is 1.67 bits per heavy atom. The summed E-state index contributed by atoms with van der Waals surface area (Å²) in [5, 5.41) is 0. The number of carbonyl (C=O) groups is 1. The summed E-state index contributed by atoms with van der Waals surface area (Å²) in [6.45, 7) is 6.95. The first-order valence-electron chi connectivity index (χ1n) is 8.28. The predicted molar refractivity (Wildman–Crippen MR) is 90.6 cm³/mol. The maximum absolute atomic E-state index is 13.9. The molecule has 2 nitrogen and oxygen atoms in total. The van der Waals surface area contributed by atoms with Crippen LogP contribution in [-0.4, -0.2) is 22.9 Å². The first-order valence-corrected chi connectivity index (χ1v) is 8.28. The lowest BCUT2D eigenvalue weighted by Gasteiger charge is -2.39. The number of nitrogens with zero attached hydrogens (tertiary/aromatic N) is 1. The number of hydrogen-bond donors (Lipinski definition) is 0. The third kappa shape index (κ3) is 2.93. The molecule has 1 aromatic carbocycles. The molecule has 3 rings (SSSR count). The summed E-state index contributed by atoms with van der Waals surface area (Å²) in [7, 11) is 0. The fourth-order valence-corrected chi connectivity index (χ4v) is 4.05. The van der Waals surface area contributed by atoms with Crippen LogP contribution in [0.15, 0.2) is 61.0 Å². The molecule has 2 aliphatic rings. The molecule has 2 saturated heterocycles. The van der Waals surface area contributed by atoms with E-state index >= 15 is 0 Å². The lowest BCUT2D eigenvalue weighted by Crippen LogP contribution is -2.46. The lowest BCUT2D eigenvalue weighted by atomic mass is 9.84. The van der Waals surface area contributed by atoms with Crippen LogP contribution in [0.4, 0.5) is 8.78 Å². The average molecular weight is 329 g/mol. The Kier molecular flexibility index (Phi) is 4.65. The maximum Gasteiger partial charge on any atom is 0.257 e. The number of fused-ring (bicyclic) bond motifs is 2. The zero-order chi connectivity index (χ0) is 17.3. The fraction of sp³-hybridized carbons (Fsp3) is 0.350. The second kappa shape index (κ2) is 6.71. The monoisotopic (exact) mass is 329 g/mol. The SMILES string of the molecule is C=C/C(F)=C(\C=C)C(=O)N1C2CCC1CC(c1ccc(F)cc1)C2. The molecule has 24 heavy (non-hydrogen) atoms. The van der Waals surface area contributed by atoms with E-state index in [0.29, 0.717) is 5.92 Å². The van der Waals surface area contributed by atoms with Crippen LogP contribution in [0.2, 0.25) is 0 Å². The second-order valence-electron chi connectivity index (χ2n) is 6.49. The average Bonchev–Trinajstić information content (AvgIpc) is 2.85. The van der Waals surface area contributed by atoms with Gasteiger partial charge in [0.1, 0.15) is 11.6 Å². The van der Waals surface area contributed by atoms with Crippen molar-refractivity contribution >= 4 is 5.91 Å². The Morgan fingerprint density at radius 3 is 2.17 bits per heavy atom. The number of halogens is 2. The van der Waals surface area contributed by atoms with E-state index in [1.54, 1.807) is 0 Å². The summed E-state index contributed by atoms with van der Waals surface area (Å²) in [4.78, 5) is 14.6. The van der Waals surface area contributed by atoms with Crippen LogP contribution in [0.5, 0.6) is 0 Å². The quantitative estimate of drug-likeness (QED) is 0.581. The van der Waals surface area contributed by atoms with Gasteiger partial charge < -0.3 is 4.90 Å². The fourth-order valence-electron chi connectivity index (χ4n) is 4.05. The van der Waals surface area contributed by atoms with Gasteiger partial charge in [-0.1, -0.05) is 31.4 Å². The van der Waals surface area contributed by atoms with Crippen LogP contribution in [0.25, 0.3) is 0 Å². The van der Waals surface area contributed by atoms with Crippen LogP contribution >= 0.6 is 0 Å². The molecule has 0 N–H and O–H groups in total. The summed E-state index contributed by atoms with van der Waals surface area (Å²) in [5.41, 5.74) is 1.10. The molecule has 0 aliphatic carbocycles. The van der Waals surface area contributed by atoms with Gasteiger partial charge in [0.2, 0.25) is 0 Å². The van der Waals surface area contributed by atoms with Gasteiger partial charge in [-0.15, -0.1) is 0 Å². The molecule has 0 radical (unpaired) electrons. The van der Waals surface area contributed by atoms with Gasteiger partial charge in [-0.05, 0) is 55.4 Å². The molecule has 0 aromatic heterocycles. The van der Waals surface area contributed by atoms with Crippen molar-refractivity contribution in [1.82, 2.24) is 4.90 Å². The van der Waals surface area contributed by atoms with E-state index in [-0.39, 0.29) is 29.4 Å². The number of hydrogen-bond acceptors (Lipinski definition) is 1. The Hall–Kier alpha value is -2.23. The number of benzene rings is 1. The predicted octanol–water partition coefficient (Wildman–Crippen LogP) is 4.66. The van der Waals surface area contributed by atoms with Crippen LogP contribution in [-0.2, 0) is 4.79 Å². The van der Waals surface area contributed by atoms with Gasteiger partial charge >= 0.3 is 0 Å². The summed E-state index contributed by atoms with van der Waals surface area (Å²) in [6, 6.07) is 6.80. The minimum atomic E-state index is -0.630. The molecular weight excluding hydrogens is 308 g/mol. The van der Waals surface area contributed by atoms with Gasteiger partial charge in [0.15, 0.2) is 0 Å². The van der Waals surface area contributed by atoms with E-state index in [1.165, 1.54) is 18.2 Å². The standard InChI is InChI=1S/C20H21F2NO/c1-3-18(19(22)4-2)20(24)23-16-9-10-17(23)12-14(11-16)13-5-7-15(21)8-6-13/h3-8,14,16-17H,1-2,9-12H2/b19-18-. The maximum atomic E-state index is 13.9. The zero-order valence-electron chi connectivity index (χ0n) is 13.6. The molecule has 0 saturated carbocycles. The minimum Gasteiger partial charge on any atom is -0.333 e. The molecule has 1 aromatic rings. The van der Waals surface area contributed by atoms with Crippen molar-refractivity contribution in [2.45, 2.75) is 43.7 Å². The highest BCUT2D eigenvalue weighted by atomic mass is 19.1. The molecule has 2 fully saturated rings. The third-order valence-corrected chi connectivity index (χ3v) is 5.18. The first kappa shape index (κ1) is 16.6. The van der Waals surface area contributed by atoms with E-state index in [2.05, 4.69) is 13.2 Å². The molecule has 1 amide bonds. The molecule has 0 spiro atoms. The second-order valence-corrected chi connectivity index (χ2v) is 6.49. The zero-order valence-corrected chi connectivity index (χ0v) is 13.6. The summed E-state index contributed by atoms with van der Waals surface area (Å²) >= 11 is 0. The van der Waals surface area contributed by atoms with Crippen LogP contribution in [0.1, 0.15) is 37.2 Å². The molecule has 2 atom stereocenters. The van der Waals surface area contributed by atoms with Crippen molar-refractivity contribution in [3.8, 4) is 0 Å². The molecule has 2 bridgehead atoms. The van der Waals surface area contributed by atoms with Gasteiger partial charge in [0.25, 0.3) is 5.91 Å². The smallest absolute Gasteiger partial charge is 0.257 e. The Labute approximate surface area is 141 Å². The number of rotatable bonds is 4. The molecule has 126 valence electrons. The number of piperidine rings is 1. The number of amides is 1. The van der Waals surface area contributed by atoms with Gasteiger partial charge in [0, 0.05) is 12.1 Å². The number of allylic oxidation sites excluding steroid dienone is 2. The van der Waals surface area contributed by atoms with Gasteiger partial charge in [0.05, 0.1) is 5.57 Å². The highest BCUT2D eigenvalue weighted by Gasteiger charge is 2.44. The van der Waals surface area contributed by atoms with E-state index in [9.17, 15) is 13.6 Å². The summed E-state index contributed by atoms with van der Waals surface area (Å²) < 4.78 is 27.0. The molecule has 2 heterocycles. The van der Waals surface area contributed by atoms with Crippen molar-refractivity contribution in [2.75, 3.05) is 0 Å². The summed E-state index contributed by atoms with van der Waals surface area (Å²) in [6.07, 6.45) is 5.82.